The molecule has 7 heteroatoms. The number of hydrogen-bond donors (Lipinski definition) is 2. The second-order valence-electron chi connectivity index (χ2n) is 6.50. The van der Waals surface area contributed by atoms with Crippen LogP contribution in [0.25, 0.3) is 0 Å². The number of carboxylic acid groups (broad SMARTS) is 1. The number of hydrogen-bond acceptors (Lipinski definition) is 4. The van der Waals surface area contributed by atoms with Gasteiger partial charge in [-0.15, -0.1) is 11.3 Å². The average molecular weight is 362 g/mol. The Balaban J connectivity index is 1.72. The van der Waals surface area contributed by atoms with Crippen LogP contribution in [0, 0.1) is 11.8 Å². The van der Waals surface area contributed by atoms with Crippen molar-refractivity contribution in [2.24, 2.45) is 11.8 Å². The van der Waals surface area contributed by atoms with E-state index in [1.165, 1.54) is 11.3 Å². The summed E-state index contributed by atoms with van der Waals surface area (Å²) in [7, 11) is 0. The molecule has 2 N–H and O–H groups in total. The van der Waals surface area contributed by atoms with Crippen molar-refractivity contribution in [2.75, 3.05) is 18.4 Å². The Bertz CT molecular complexity index is 691. The summed E-state index contributed by atoms with van der Waals surface area (Å²) in [5, 5.41) is 14.4. The molecule has 0 bridgehead atoms. The van der Waals surface area contributed by atoms with Crippen molar-refractivity contribution in [1.29, 1.82) is 0 Å². The molecule has 1 aliphatic heterocycles. The van der Waals surface area contributed by atoms with Crippen LogP contribution in [0.15, 0.2) is 23.6 Å². The molecule has 1 fully saturated rings. The highest BCUT2D eigenvalue weighted by Crippen LogP contribution is 2.30. The largest absolute Gasteiger partial charge is 0.481 e. The van der Waals surface area contributed by atoms with Gasteiger partial charge in [0.25, 0.3) is 5.91 Å². The highest BCUT2D eigenvalue weighted by Gasteiger charge is 2.34. The van der Waals surface area contributed by atoms with Gasteiger partial charge in [0.1, 0.15) is 5.00 Å². The van der Waals surface area contributed by atoms with Crippen LogP contribution in [-0.2, 0) is 9.59 Å². The summed E-state index contributed by atoms with van der Waals surface area (Å²) in [5.74, 6) is -2.67. The first-order chi connectivity index (χ1) is 12.1. The zero-order valence-electron chi connectivity index (χ0n) is 13.9. The number of carbonyl (C=O) groups excluding carboxylic acids is 2. The molecule has 2 aliphatic rings. The van der Waals surface area contributed by atoms with Gasteiger partial charge in [0.2, 0.25) is 5.91 Å². The summed E-state index contributed by atoms with van der Waals surface area (Å²) >= 11 is 1.30. The highest BCUT2D eigenvalue weighted by atomic mass is 32.1. The van der Waals surface area contributed by atoms with E-state index in [1.54, 1.807) is 17.5 Å². The van der Waals surface area contributed by atoms with Gasteiger partial charge in [0.05, 0.1) is 17.4 Å². The van der Waals surface area contributed by atoms with E-state index in [0.29, 0.717) is 23.4 Å². The third kappa shape index (κ3) is 3.92. The number of carboxylic acids is 1. The number of aliphatic carboxylic acids is 1. The van der Waals surface area contributed by atoms with Gasteiger partial charge in [-0.05, 0) is 43.6 Å². The van der Waals surface area contributed by atoms with E-state index in [4.69, 9.17) is 0 Å². The molecule has 0 radical (unpaired) electrons. The third-order valence-electron chi connectivity index (χ3n) is 4.86. The minimum atomic E-state index is -0.958. The standard InChI is InChI=1S/C18H22N2O4S/c21-15(12-6-2-3-7-13(12)18(23)24)19-16-14(8-11-25-16)17(22)20-9-4-1-5-10-20/h2-3,8,11-13H,1,4-7,9-10H2,(H,19,21)(H,23,24)/t12-,13+/m0/s1. The molecule has 1 aliphatic carbocycles. The molecule has 1 aromatic heterocycles. The van der Waals surface area contributed by atoms with Crippen LogP contribution in [0.3, 0.4) is 0 Å². The lowest BCUT2D eigenvalue weighted by Gasteiger charge is -2.27. The number of likely N-dealkylation sites (tertiary alicyclic amines) is 1. The van der Waals surface area contributed by atoms with E-state index in [1.807, 2.05) is 11.0 Å². The summed E-state index contributed by atoms with van der Waals surface area (Å²) in [6.07, 6.45) is 7.57. The second-order valence-corrected chi connectivity index (χ2v) is 7.42. The first-order valence-electron chi connectivity index (χ1n) is 8.63. The van der Waals surface area contributed by atoms with Crippen LogP contribution in [0.4, 0.5) is 5.00 Å². The maximum Gasteiger partial charge on any atom is 0.307 e. The number of nitrogens with zero attached hydrogens (tertiary/aromatic N) is 1. The fourth-order valence-corrected chi connectivity index (χ4v) is 4.21. The van der Waals surface area contributed by atoms with Crippen molar-refractivity contribution in [3.8, 4) is 0 Å². The van der Waals surface area contributed by atoms with Gasteiger partial charge >= 0.3 is 5.97 Å². The molecule has 0 spiro atoms. The molecule has 0 unspecified atom stereocenters. The predicted molar refractivity (Wildman–Crippen MR) is 95.7 cm³/mol. The molecule has 0 aromatic carbocycles. The van der Waals surface area contributed by atoms with Gasteiger partial charge in [-0.2, -0.15) is 0 Å². The molecule has 6 nitrogen and oxygen atoms in total. The smallest absolute Gasteiger partial charge is 0.307 e. The number of anilines is 1. The van der Waals surface area contributed by atoms with Crippen molar-refractivity contribution in [3.05, 3.63) is 29.2 Å². The minimum Gasteiger partial charge on any atom is -0.481 e. The number of allylic oxidation sites excluding steroid dienone is 2. The Morgan fingerprint density at radius 3 is 2.44 bits per heavy atom. The van der Waals surface area contributed by atoms with E-state index in [-0.39, 0.29) is 11.8 Å². The highest BCUT2D eigenvalue weighted by molar-refractivity contribution is 7.14. The second kappa shape index (κ2) is 7.82. The Hall–Kier alpha value is -2.15. The maximum atomic E-state index is 12.7. The SMILES string of the molecule is O=C(Nc1sccc1C(=O)N1CCCCC1)[C@H]1CC=CC[C@H]1C(=O)O. The number of thiophene rings is 1. The number of carbonyl (C=O) groups is 3. The van der Waals surface area contributed by atoms with Crippen LogP contribution in [0.5, 0.6) is 0 Å². The van der Waals surface area contributed by atoms with Gasteiger partial charge in [-0.25, -0.2) is 0 Å². The Labute approximate surface area is 150 Å². The fraction of sp³-hybridized carbons (Fsp3) is 0.500. The topological polar surface area (TPSA) is 86.7 Å². The average Bonchev–Trinajstić information content (AvgIpc) is 3.09. The van der Waals surface area contributed by atoms with Crippen molar-refractivity contribution < 1.29 is 19.5 Å². The van der Waals surface area contributed by atoms with Crippen LogP contribution < -0.4 is 5.32 Å². The molecule has 3 rings (SSSR count). The summed E-state index contributed by atoms with van der Waals surface area (Å²) in [5.41, 5.74) is 0.499. The zero-order valence-corrected chi connectivity index (χ0v) is 14.8. The Morgan fingerprint density at radius 2 is 1.76 bits per heavy atom. The summed E-state index contributed by atoms with van der Waals surface area (Å²) in [4.78, 5) is 38.5. The summed E-state index contributed by atoms with van der Waals surface area (Å²) in [6, 6.07) is 1.73. The molecule has 2 amide bonds. The lowest BCUT2D eigenvalue weighted by atomic mass is 9.82. The molecule has 2 heterocycles. The van der Waals surface area contributed by atoms with Crippen LogP contribution in [0.1, 0.15) is 42.5 Å². The minimum absolute atomic E-state index is 0.0606. The molecule has 0 saturated carbocycles. The molecule has 1 aromatic rings. The van der Waals surface area contributed by atoms with Gasteiger partial charge in [-0.1, -0.05) is 12.2 Å². The number of piperidine rings is 1. The Kier molecular flexibility index (Phi) is 5.53. The normalized spacial score (nSPS) is 23.3. The summed E-state index contributed by atoms with van der Waals surface area (Å²) in [6.45, 7) is 1.49. The molecule has 134 valence electrons. The molecule has 2 atom stereocenters. The van der Waals surface area contributed by atoms with E-state index in [0.717, 1.165) is 32.4 Å². The van der Waals surface area contributed by atoms with Gasteiger partial charge in [0, 0.05) is 13.1 Å². The number of rotatable bonds is 4. The summed E-state index contributed by atoms with van der Waals surface area (Å²) < 4.78 is 0. The van der Waals surface area contributed by atoms with Crippen LogP contribution >= 0.6 is 11.3 Å². The fourth-order valence-electron chi connectivity index (χ4n) is 3.42. The lowest BCUT2D eigenvalue weighted by molar-refractivity contribution is -0.146. The number of amides is 2. The quantitative estimate of drug-likeness (QED) is 0.806. The van der Waals surface area contributed by atoms with Crippen molar-refractivity contribution in [2.45, 2.75) is 32.1 Å². The van der Waals surface area contributed by atoms with Gasteiger partial charge in [0.15, 0.2) is 0 Å². The maximum absolute atomic E-state index is 12.7. The van der Waals surface area contributed by atoms with Crippen molar-refractivity contribution in [1.82, 2.24) is 4.90 Å². The Morgan fingerprint density at radius 1 is 1.08 bits per heavy atom. The predicted octanol–water partition coefficient (Wildman–Crippen LogP) is 2.98. The zero-order chi connectivity index (χ0) is 17.8. The molecule has 25 heavy (non-hydrogen) atoms. The first-order valence-corrected chi connectivity index (χ1v) is 9.51. The van der Waals surface area contributed by atoms with E-state index in [2.05, 4.69) is 5.32 Å². The van der Waals surface area contributed by atoms with E-state index >= 15 is 0 Å². The van der Waals surface area contributed by atoms with Crippen LogP contribution in [-0.4, -0.2) is 40.9 Å². The molecule has 1 saturated heterocycles. The van der Waals surface area contributed by atoms with E-state index < -0.39 is 17.8 Å². The number of nitrogens with one attached hydrogen (secondary N) is 1. The van der Waals surface area contributed by atoms with Gasteiger partial charge in [-0.3, -0.25) is 14.4 Å². The monoisotopic (exact) mass is 362 g/mol. The van der Waals surface area contributed by atoms with E-state index in [9.17, 15) is 19.5 Å². The van der Waals surface area contributed by atoms with Gasteiger partial charge < -0.3 is 15.3 Å². The van der Waals surface area contributed by atoms with Crippen LogP contribution in [0.2, 0.25) is 0 Å². The first kappa shape index (κ1) is 17.7. The molecular formula is C18H22N2O4S. The third-order valence-corrected chi connectivity index (χ3v) is 5.69. The van der Waals surface area contributed by atoms with Crippen molar-refractivity contribution in [3.63, 3.8) is 0 Å². The van der Waals surface area contributed by atoms with Crippen molar-refractivity contribution >= 4 is 34.1 Å². The lowest BCUT2D eigenvalue weighted by Crippen LogP contribution is -2.37. The molecular weight excluding hydrogens is 340 g/mol.